The molecule has 12 heteroatoms. The molecule has 0 saturated carbocycles. The minimum atomic E-state index is -3.12. The van der Waals surface area contributed by atoms with Crippen molar-refractivity contribution in [3.63, 3.8) is 0 Å². The van der Waals surface area contributed by atoms with Gasteiger partial charge >= 0.3 is 0 Å². The Morgan fingerprint density at radius 3 is 2.46 bits per heavy atom. The molecule has 1 saturated heterocycles. The van der Waals surface area contributed by atoms with Crippen molar-refractivity contribution in [2.24, 2.45) is 0 Å². The van der Waals surface area contributed by atoms with Crippen molar-refractivity contribution in [1.29, 1.82) is 0 Å². The Morgan fingerprint density at radius 1 is 1.14 bits per heavy atom. The number of alkyl halides is 4. The van der Waals surface area contributed by atoms with E-state index in [-0.39, 0.29) is 29.3 Å². The number of halogens is 5. The first-order chi connectivity index (χ1) is 17.6. The Bertz CT molecular complexity index is 1360. The van der Waals surface area contributed by atoms with Gasteiger partial charge in [0.2, 0.25) is 0 Å². The molecule has 1 aliphatic rings. The van der Waals surface area contributed by atoms with E-state index in [0.717, 1.165) is 10.2 Å². The van der Waals surface area contributed by atoms with E-state index in [0.29, 0.717) is 16.9 Å². The molecule has 1 aliphatic heterocycles. The third-order valence-corrected chi connectivity index (χ3v) is 6.57. The van der Waals surface area contributed by atoms with Gasteiger partial charge in [0.15, 0.2) is 5.11 Å². The highest BCUT2D eigenvalue weighted by Crippen LogP contribution is 2.36. The molecule has 0 radical (unpaired) electrons. The summed E-state index contributed by atoms with van der Waals surface area (Å²) < 4.78 is 59.7. The second-order valence-electron chi connectivity index (χ2n) is 8.16. The normalized spacial score (nSPS) is 15.7. The molecule has 1 fully saturated rings. The fraction of sp³-hybridized carbons (Fsp3) is 0.240. The minimum absolute atomic E-state index is 0.222. The monoisotopic (exact) mass is 552 g/mol. The summed E-state index contributed by atoms with van der Waals surface area (Å²) in [7, 11) is 1.38. The standard InChI is InChI=1S/C25H21ClF4N4O2S/c1-13(15-6-4-3-5-7-15)34-24(35)17(31-25(34)37)11-14-8-9-18(36-2)16(10-14)12-33-21(23(29)30)19(26)20(32-33)22(27)28/h3-11,13,22-23H,12H2,1-2H3,(H,31,37)/b17-11-. The highest BCUT2D eigenvalue weighted by molar-refractivity contribution is 7.80. The molecule has 1 atom stereocenters. The van der Waals surface area contributed by atoms with Gasteiger partial charge in [-0.1, -0.05) is 48.0 Å². The van der Waals surface area contributed by atoms with Crippen molar-refractivity contribution >= 4 is 40.9 Å². The van der Waals surface area contributed by atoms with Gasteiger partial charge in [0.05, 0.1) is 24.7 Å². The summed E-state index contributed by atoms with van der Waals surface area (Å²) in [4.78, 5) is 14.6. The second-order valence-corrected chi connectivity index (χ2v) is 8.93. The van der Waals surface area contributed by atoms with Crippen LogP contribution in [0.4, 0.5) is 17.6 Å². The predicted molar refractivity (Wildman–Crippen MR) is 135 cm³/mol. The van der Waals surface area contributed by atoms with E-state index < -0.39 is 29.3 Å². The van der Waals surface area contributed by atoms with Gasteiger partial charge in [-0.05, 0) is 48.5 Å². The lowest BCUT2D eigenvalue weighted by molar-refractivity contribution is -0.123. The van der Waals surface area contributed by atoms with Gasteiger partial charge in [0.25, 0.3) is 18.8 Å². The third-order valence-electron chi connectivity index (χ3n) is 5.88. The van der Waals surface area contributed by atoms with Gasteiger partial charge in [-0.3, -0.25) is 14.4 Å². The largest absolute Gasteiger partial charge is 0.496 e. The molecule has 4 rings (SSSR count). The molecule has 37 heavy (non-hydrogen) atoms. The minimum Gasteiger partial charge on any atom is -0.496 e. The molecule has 3 aromatic rings. The van der Waals surface area contributed by atoms with E-state index >= 15 is 0 Å². The van der Waals surface area contributed by atoms with Crippen LogP contribution in [0.2, 0.25) is 5.02 Å². The fourth-order valence-corrected chi connectivity index (χ4v) is 4.71. The van der Waals surface area contributed by atoms with Crippen LogP contribution in [0, 0.1) is 0 Å². The molecule has 1 N–H and O–H groups in total. The zero-order chi connectivity index (χ0) is 26.9. The number of nitrogens with zero attached hydrogens (tertiary/aromatic N) is 3. The summed E-state index contributed by atoms with van der Waals surface area (Å²) >= 11 is 11.2. The summed E-state index contributed by atoms with van der Waals surface area (Å²) in [6.07, 6.45) is -4.68. The van der Waals surface area contributed by atoms with Crippen molar-refractivity contribution in [1.82, 2.24) is 20.0 Å². The van der Waals surface area contributed by atoms with Crippen LogP contribution in [0.25, 0.3) is 6.08 Å². The Labute approximate surface area is 220 Å². The summed E-state index contributed by atoms with van der Waals surface area (Å²) in [6.45, 7) is 1.54. The quantitative estimate of drug-likeness (QED) is 0.202. The summed E-state index contributed by atoms with van der Waals surface area (Å²) in [6, 6.07) is 13.9. The first-order valence-corrected chi connectivity index (χ1v) is 11.8. The molecule has 6 nitrogen and oxygen atoms in total. The molecule has 1 amide bonds. The number of ether oxygens (including phenoxy) is 1. The number of hydrogen-bond donors (Lipinski definition) is 1. The highest BCUT2D eigenvalue weighted by atomic mass is 35.5. The lowest BCUT2D eigenvalue weighted by atomic mass is 10.1. The Balaban J connectivity index is 1.66. The number of nitrogens with one attached hydrogen (secondary N) is 1. The van der Waals surface area contributed by atoms with Crippen molar-refractivity contribution in [2.75, 3.05) is 7.11 Å². The lowest BCUT2D eigenvalue weighted by Crippen LogP contribution is -2.33. The van der Waals surface area contributed by atoms with E-state index in [1.807, 2.05) is 37.3 Å². The summed E-state index contributed by atoms with van der Waals surface area (Å²) in [5, 5.41) is 6.00. The molecule has 0 aliphatic carbocycles. The van der Waals surface area contributed by atoms with Crippen LogP contribution >= 0.6 is 23.8 Å². The number of carbonyl (C=O) groups excluding carboxylic acids is 1. The number of carbonyl (C=O) groups is 1. The molecule has 0 spiro atoms. The van der Waals surface area contributed by atoms with E-state index in [1.165, 1.54) is 12.0 Å². The van der Waals surface area contributed by atoms with Crippen molar-refractivity contribution in [3.05, 3.63) is 87.3 Å². The van der Waals surface area contributed by atoms with Crippen LogP contribution in [0.1, 0.15) is 53.9 Å². The van der Waals surface area contributed by atoms with E-state index in [9.17, 15) is 22.4 Å². The molecular formula is C25H21ClF4N4O2S. The van der Waals surface area contributed by atoms with Crippen molar-refractivity contribution in [2.45, 2.75) is 32.4 Å². The van der Waals surface area contributed by atoms with Crippen LogP contribution in [-0.2, 0) is 11.3 Å². The van der Waals surface area contributed by atoms with E-state index in [2.05, 4.69) is 10.4 Å². The maximum Gasteiger partial charge on any atom is 0.283 e. The van der Waals surface area contributed by atoms with Crippen molar-refractivity contribution < 1.29 is 27.1 Å². The first-order valence-electron chi connectivity index (χ1n) is 11.0. The average molecular weight is 553 g/mol. The first kappa shape index (κ1) is 26.6. The number of methoxy groups -OCH3 is 1. The Morgan fingerprint density at radius 2 is 1.84 bits per heavy atom. The van der Waals surface area contributed by atoms with Crippen LogP contribution in [-0.4, -0.2) is 32.8 Å². The topological polar surface area (TPSA) is 59.4 Å². The number of amides is 1. The van der Waals surface area contributed by atoms with Gasteiger partial charge < -0.3 is 10.1 Å². The van der Waals surface area contributed by atoms with Crippen LogP contribution in [0.15, 0.2) is 54.2 Å². The number of rotatable bonds is 8. The Hall–Kier alpha value is -3.44. The molecule has 2 aromatic carbocycles. The molecular weight excluding hydrogens is 532 g/mol. The number of benzene rings is 2. The van der Waals surface area contributed by atoms with Gasteiger partial charge in [-0.2, -0.15) is 5.10 Å². The lowest BCUT2D eigenvalue weighted by Gasteiger charge is -2.23. The molecule has 2 heterocycles. The Kier molecular flexibility index (Phi) is 7.84. The van der Waals surface area contributed by atoms with E-state index in [4.69, 9.17) is 28.6 Å². The van der Waals surface area contributed by atoms with Crippen molar-refractivity contribution in [3.8, 4) is 5.75 Å². The summed E-state index contributed by atoms with van der Waals surface area (Å²) in [5.41, 5.74) is 0.279. The second kappa shape index (κ2) is 10.9. The molecule has 1 unspecified atom stereocenters. The number of hydrogen-bond acceptors (Lipinski definition) is 4. The molecule has 1 aromatic heterocycles. The van der Waals surface area contributed by atoms with Gasteiger partial charge in [-0.25, -0.2) is 17.6 Å². The maximum absolute atomic E-state index is 13.6. The molecule has 0 bridgehead atoms. The van der Waals surface area contributed by atoms with Crippen LogP contribution in [0.3, 0.4) is 0 Å². The predicted octanol–water partition coefficient (Wildman–Crippen LogP) is 6.29. The zero-order valence-electron chi connectivity index (χ0n) is 19.6. The zero-order valence-corrected chi connectivity index (χ0v) is 21.2. The van der Waals surface area contributed by atoms with Gasteiger partial charge in [-0.15, -0.1) is 0 Å². The highest BCUT2D eigenvalue weighted by Gasteiger charge is 2.35. The smallest absolute Gasteiger partial charge is 0.283 e. The molecule has 194 valence electrons. The van der Waals surface area contributed by atoms with Crippen LogP contribution in [0.5, 0.6) is 5.75 Å². The third kappa shape index (κ3) is 5.33. The number of aromatic nitrogens is 2. The summed E-state index contributed by atoms with van der Waals surface area (Å²) in [5.74, 6) is -0.0210. The maximum atomic E-state index is 13.6. The SMILES string of the molecule is COc1ccc(/C=C2\NC(=S)N(C(C)c3ccccc3)C2=O)cc1Cn1nc(C(F)F)c(Cl)c1C(F)F. The number of thiocarbonyl (C=S) groups is 1. The fourth-order valence-electron chi connectivity index (χ4n) is 4.06. The van der Waals surface area contributed by atoms with Gasteiger partial charge in [0.1, 0.15) is 22.8 Å². The average Bonchev–Trinajstić information content (AvgIpc) is 3.34. The van der Waals surface area contributed by atoms with Gasteiger partial charge in [0, 0.05) is 5.56 Å². The van der Waals surface area contributed by atoms with Crippen LogP contribution < -0.4 is 10.1 Å². The van der Waals surface area contributed by atoms with E-state index in [1.54, 1.807) is 24.3 Å².